The number of rotatable bonds is 2. The summed E-state index contributed by atoms with van der Waals surface area (Å²) < 4.78 is 0. The molecule has 0 spiro atoms. The van der Waals surface area contributed by atoms with E-state index in [1.54, 1.807) is 0 Å². The Morgan fingerprint density at radius 3 is 2.94 bits per heavy atom. The second-order valence-corrected chi connectivity index (χ2v) is 4.49. The first-order chi connectivity index (χ1) is 7.83. The predicted molar refractivity (Wildman–Crippen MR) is 66.4 cm³/mol. The fourth-order valence-electron chi connectivity index (χ4n) is 2.52. The molecule has 2 rings (SSSR count). The highest BCUT2D eigenvalue weighted by Crippen LogP contribution is 2.28. The predicted octanol–water partition coefficient (Wildman–Crippen LogP) is 3.27. The van der Waals surface area contributed by atoms with Crippen LogP contribution in [0.25, 0.3) is 0 Å². The zero-order chi connectivity index (χ0) is 11.4. The van der Waals surface area contributed by atoms with Crippen molar-refractivity contribution in [2.75, 3.05) is 11.4 Å². The number of hydrogen-bond donors (Lipinski definition) is 0. The number of benzene rings is 1. The third-order valence-corrected chi connectivity index (χ3v) is 3.38. The molecule has 0 bridgehead atoms. The second-order valence-electron chi connectivity index (χ2n) is 4.49. The zero-order valence-corrected chi connectivity index (χ0v) is 9.82. The van der Waals surface area contributed by atoms with E-state index in [0.717, 1.165) is 13.0 Å². The summed E-state index contributed by atoms with van der Waals surface area (Å²) in [4.78, 5) is 2.42. The lowest BCUT2D eigenvalue weighted by molar-refractivity contribution is 0.464. The van der Waals surface area contributed by atoms with E-state index < -0.39 is 0 Å². The first-order valence-electron chi connectivity index (χ1n) is 6.02. The van der Waals surface area contributed by atoms with Crippen LogP contribution in [0.5, 0.6) is 0 Å². The van der Waals surface area contributed by atoms with Gasteiger partial charge in [-0.15, -0.1) is 0 Å². The van der Waals surface area contributed by atoms with Crippen molar-refractivity contribution in [1.82, 2.24) is 0 Å². The first-order valence-corrected chi connectivity index (χ1v) is 6.02. The van der Waals surface area contributed by atoms with E-state index in [-0.39, 0.29) is 0 Å². The van der Waals surface area contributed by atoms with Crippen molar-refractivity contribution in [2.45, 2.75) is 38.6 Å². The molecule has 0 saturated carbocycles. The molecule has 2 heteroatoms. The molecule has 1 fully saturated rings. The van der Waals surface area contributed by atoms with Gasteiger partial charge in [-0.2, -0.15) is 5.26 Å². The summed E-state index contributed by atoms with van der Waals surface area (Å²) in [6.45, 7) is 3.24. The molecular weight excluding hydrogens is 196 g/mol. The number of para-hydroxylation sites is 1. The highest BCUT2D eigenvalue weighted by atomic mass is 15.2. The Kier molecular flexibility index (Phi) is 3.46. The van der Waals surface area contributed by atoms with Crippen molar-refractivity contribution in [2.24, 2.45) is 0 Å². The van der Waals surface area contributed by atoms with Gasteiger partial charge in [-0.3, -0.25) is 0 Å². The van der Waals surface area contributed by atoms with Crippen LogP contribution in [0.3, 0.4) is 0 Å². The summed E-state index contributed by atoms with van der Waals surface area (Å²) in [7, 11) is 0. The van der Waals surface area contributed by atoms with Crippen molar-refractivity contribution in [3.05, 3.63) is 29.8 Å². The quantitative estimate of drug-likeness (QED) is 0.755. The van der Waals surface area contributed by atoms with Crippen LogP contribution in [0.15, 0.2) is 24.3 Å². The van der Waals surface area contributed by atoms with Gasteiger partial charge in [0.25, 0.3) is 0 Å². The number of piperidine rings is 1. The lowest BCUT2D eigenvalue weighted by atomic mass is 9.98. The van der Waals surface area contributed by atoms with Crippen LogP contribution < -0.4 is 4.90 Å². The molecule has 1 saturated heterocycles. The molecule has 0 aliphatic carbocycles. The number of anilines is 1. The molecule has 1 aliphatic rings. The van der Waals surface area contributed by atoms with E-state index in [2.05, 4.69) is 42.2 Å². The van der Waals surface area contributed by atoms with Gasteiger partial charge in [0, 0.05) is 18.3 Å². The molecule has 0 aromatic heterocycles. The van der Waals surface area contributed by atoms with Crippen molar-refractivity contribution in [1.29, 1.82) is 5.26 Å². The van der Waals surface area contributed by atoms with E-state index in [9.17, 15) is 0 Å². The Balaban J connectivity index is 2.24. The van der Waals surface area contributed by atoms with Gasteiger partial charge >= 0.3 is 0 Å². The molecule has 1 unspecified atom stereocenters. The maximum atomic E-state index is 8.88. The van der Waals surface area contributed by atoms with Gasteiger partial charge in [0.15, 0.2) is 0 Å². The Morgan fingerprint density at radius 2 is 2.19 bits per heavy atom. The van der Waals surface area contributed by atoms with Crippen molar-refractivity contribution in [3.63, 3.8) is 0 Å². The van der Waals surface area contributed by atoms with E-state index >= 15 is 0 Å². The minimum Gasteiger partial charge on any atom is -0.367 e. The molecule has 0 radical (unpaired) electrons. The van der Waals surface area contributed by atoms with Crippen LogP contribution in [-0.4, -0.2) is 12.6 Å². The average Bonchev–Trinajstić information content (AvgIpc) is 2.31. The summed E-state index contributed by atoms with van der Waals surface area (Å²) in [6.07, 6.45) is 4.31. The lowest BCUT2D eigenvalue weighted by Gasteiger charge is -2.37. The summed E-state index contributed by atoms with van der Waals surface area (Å²) >= 11 is 0. The van der Waals surface area contributed by atoms with Crippen LogP contribution >= 0.6 is 0 Å². The third-order valence-electron chi connectivity index (χ3n) is 3.38. The summed E-state index contributed by atoms with van der Waals surface area (Å²) in [5, 5.41) is 8.88. The first kappa shape index (κ1) is 11.0. The molecule has 1 aromatic carbocycles. The van der Waals surface area contributed by atoms with Crippen LogP contribution in [-0.2, 0) is 0 Å². The van der Waals surface area contributed by atoms with Gasteiger partial charge < -0.3 is 4.90 Å². The van der Waals surface area contributed by atoms with E-state index in [4.69, 9.17) is 5.26 Å². The maximum absolute atomic E-state index is 8.88. The zero-order valence-electron chi connectivity index (χ0n) is 9.82. The van der Waals surface area contributed by atoms with Crippen LogP contribution in [0.4, 0.5) is 5.69 Å². The molecule has 0 N–H and O–H groups in total. The normalized spacial score (nSPS) is 20.5. The SMILES string of the molecule is Cc1ccccc1N1CCCCC1CC#N. The molecule has 0 amide bonds. The van der Waals surface area contributed by atoms with Gasteiger partial charge in [-0.1, -0.05) is 18.2 Å². The molecule has 2 nitrogen and oxygen atoms in total. The Hall–Kier alpha value is -1.49. The Labute approximate surface area is 97.5 Å². The van der Waals surface area contributed by atoms with Gasteiger partial charge in [0.2, 0.25) is 0 Å². The Bertz CT molecular complexity index is 392. The fourth-order valence-corrected chi connectivity index (χ4v) is 2.52. The number of hydrogen-bond acceptors (Lipinski definition) is 2. The van der Waals surface area contributed by atoms with Crippen molar-refractivity contribution >= 4 is 5.69 Å². The molecule has 84 valence electrons. The highest BCUT2D eigenvalue weighted by Gasteiger charge is 2.22. The van der Waals surface area contributed by atoms with Crippen LogP contribution in [0, 0.1) is 18.3 Å². The number of aryl methyl sites for hydroxylation is 1. The van der Waals surface area contributed by atoms with Gasteiger partial charge in [-0.05, 0) is 37.8 Å². The standard InChI is InChI=1S/C14H18N2/c1-12-6-2-3-8-14(12)16-11-5-4-7-13(16)9-10-15/h2-3,6,8,13H,4-5,7,9,11H2,1H3. The monoisotopic (exact) mass is 214 g/mol. The van der Waals surface area contributed by atoms with E-state index in [1.807, 2.05) is 0 Å². The molecule has 16 heavy (non-hydrogen) atoms. The number of nitriles is 1. The van der Waals surface area contributed by atoms with Gasteiger partial charge in [0.05, 0.1) is 12.5 Å². The highest BCUT2D eigenvalue weighted by molar-refractivity contribution is 5.54. The summed E-state index contributed by atoms with van der Waals surface area (Å²) in [5.41, 5.74) is 2.62. The topological polar surface area (TPSA) is 27.0 Å². The van der Waals surface area contributed by atoms with E-state index in [1.165, 1.54) is 24.1 Å². The van der Waals surface area contributed by atoms with Crippen molar-refractivity contribution in [3.8, 4) is 6.07 Å². The molecular formula is C14H18N2. The third kappa shape index (κ3) is 2.19. The fraction of sp³-hybridized carbons (Fsp3) is 0.500. The molecule has 1 heterocycles. The minimum absolute atomic E-state index is 0.417. The van der Waals surface area contributed by atoms with Crippen LogP contribution in [0.2, 0.25) is 0 Å². The second kappa shape index (κ2) is 5.03. The largest absolute Gasteiger partial charge is 0.367 e. The van der Waals surface area contributed by atoms with Crippen LogP contribution in [0.1, 0.15) is 31.2 Å². The molecule has 1 aromatic rings. The lowest BCUT2D eigenvalue weighted by Crippen LogP contribution is -2.39. The maximum Gasteiger partial charge on any atom is 0.0643 e. The molecule has 1 atom stereocenters. The Morgan fingerprint density at radius 1 is 1.38 bits per heavy atom. The van der Waals surface area contributed by atoms with Crippen molar-refractivity contribution < 1.29 is 0 Å². The van der Waals surface area contributed by atoms with E-state index in [0.29, 0.717) is 12.5 Å². The summed E-state index contributed by atoms with van der Waals surface area (Å²) in [6, 6.07) is 11.2. The average molecular weight is 214 g/mol. The molecule has 1 aliphatic heterocycles. The summed E-state index contributed by atoms with van der Waals surface area (Å²) in [5.74, 6) is 0. The van der Waals surface area contributed by atoms with Gasteiger partial charge in [-0.25, -0.2) is 0 Å². The minimum atomic E-state index is 0.417. The number of nitrogens with zero attached hydrogens (tertiary/aromatic N) is 2. The van der Waals surface area contributed by atoms with Gasteiger partial charge in [0.1, 0.15) is 0 Å². The smallest absolute Gasteiger partial charge is 0.0643 e.